The highest BCUT2D eigenvalue weighted by atomic mass is 32.2. The summed E-state index contributed by atoms with van der Waals surface area (Å²) in [6, 6.07) is 4.66. The summed E-state index contributed by atoms with van der Waals surface area (Å²) >= 11 is 1.16. The first-order valence-electron chi connectivity index (χ1n) is 6.01. The van der Waals surface area contributed by atoms with Gasteiger partial charge in [-0.15, -0.1) is 11.8 Å². The molecule has 1 aromatic rings. The van der Waals surface area contributed by atoms with Crippen LogP contribution in [0.5, 0.6) is 0 Å². The fourth-order valence-corrected chi connectivity index (χ4v) is 2.25. The molecule has 0 heterocycles. The molecule has 7 heteroatoms. The number of rotatable bonds is 7. The molecule has 0 saturated heterocycles. The van der Waals surface area contributed by atoms with Crippen LogP contribution in [0.25, 0.3) is 0 Å². The zero-order valence-corrected chi connectivity index (χ0v) is 11.8. The second-order valence-electron chi connectivity index (χ2n) is 4.30. The summed E-state index contributed by atoms with van der Waals surface area (Å²) in [4.78, 5) is 22.1. The highest BCUT2D eigenvalue weighted by Crippen LogP contribution is 2.13. The van der Waals surface area contributed by atoms with E-state index in [1.54, 1.807) is 19.1 Å². The van der Waals surface area contributed by atoms with Gasteiger partial charge in [-0.3, -0.25) is 9.59 Å². The van der Waals surface area contributed by atoms with Crippen molar-refractivity contribution in [1.82, 2.24) is 5.32 Å². The van der Waals surface area contributed by atoms with Crippen LogP contribution in [0.15, 0.2) is 24.3 Å². The van der Waals surface area contributed by atoms with Gasteiger partial charge in [-0.25, -0.2) is 4.39 Å². The van der Waals surface area contributed by atoms with Crippen molar-refractivity contribution in [1.29, 1.82) is 0 Å². The van der Waals surface area contributed by atoms with Gasteiger partial charge in [0.2, 0.25) is 5.91 Å². The van der Waals surface area contributed by atoms with Crippen molar-refractivity contribution < 1.29 is 19.1 Å². The first kappa shape index (κ1) is 16.5. The minimum absolute atomic E-state index is 0.131. The molecule has 110 valence electrons. The van der Waals surface area contributed by atoms with Crippen LogP contribution in [0.1, 0.15) is 18.5 Å². The van der Waals surface area contributed by atoms with E-state index in [4.69, 9.17) is 10.8 Å². The number of carboxylic acid groups (broad SMARTS) is 1. The Morgan fingerprint density at radius 1 is 1.40 bits per heavy atom. The zero-order valence-electron chi connectivity index (χ0n) is 11.0. The first-order valence-corrected chi connectivity index (χ1v) is 7.16. The minimum Gasteiger partial charge on any atom is -0.480 e. The summed E-state index contributed by atoms with van der Waals surface area (Å²) in [6.07, 6.45) is 0. The maximum absolute atomic E-state index is 12.8. The second kappa shape index (κ2) is 7.86. The summed E-state index contributed by atoms with van der Waals surface area (Å²) in [5.41, 5.74) is 6.12. The predicted molar refractivity (Wildman–Crippen MR) is 75.9 cm³/mol. The monoisotopic (exact) mass is 300 g/mol. The number of nitrogens with one attached hydrogen (secondary N) is 1. The third-order valence-electron chi connectivity index (χ3n) is 2.60. The van der Waals surface area contributed by atoms with E-state index in [0.29, 0.717) is 0 Å². The number of benzene rings is 1. The number of carboxylic acids is 1. The third-order valence-corrected chi connectivity index (χ3v) is 3.66. The molecule has 20 heavy (non-hydrogen) atoms. The van der Waals surface area contributed by atoms with Gasteiger partial charge in [-0.2, -0.15) is 0 Å². The molecule has 4 N–H and O–H groups in total. The van der Waals surface area contributed by atoms with Crippen molar-refractivity contribution >= 4 is 23.6 Å². The Morgan fingerprint density at radius 3 is 2.55 bits per heavy atom. The summed E-state index contributed by atoms with van der Waals surface area (Å²) < 4.78 is 12.8. The standard InChI is InChI=1S/C13H17FN2O3S/c1-8(9-2-4-10(14)5-3-9)16-12(17)7-20-6-11(15)13(18)19/h2-5,8,11H,6-7,15H2,1H3,(H,16,17)(H,18,19). The summed E-state index contributed by atoms with van der Waals surface area (Å²) in [6.45, 7) is 1.79. The normalized spacial score (nSPS) is 13.6. The third kappa shape index (κ3) is 5.58. The van der Waals surface area contributed by atoms with Crippen molar-refractivity contribution in [2.45, 2.75) is 19.0 Å². The number of nitrogens with two attached hydrogens (primary N) is 1. The van der Waals surface area contributed by atoms with E-state index < -0.39 is 12.0 Å². The number of hydrogen-bond donors (Lipinski definition) is 3. The maximum Gasteiger partial charge on any atom is 0.321 e. The number of halogens is 1. The van der Waals surface area contributed by atoms with Gasteiger partial charge in [0.25, 0.3) is 0 Å². The molecule has 1 amide bonds. The Morgan fingerprint density at radius 2 is 2.00 bits per heavy atom. The van der Waals surface area contributed by atoms with Crippen LogP contribution in [0, 0.1) is 5.82 Å². The number of aliphatic carboxylic acids is 1. The van der Waals surface area contributed by atoms with Gasteiger partial charge in [-0.1, -0.05) is 12.1 Å². The molecule has 1 aromatic carbocycles. The maximum atomic E-state index is 12.8. The summed E-state index contributed by atoms with van der Waals surface area (Å²) in [5.74, 6) is -1.33. The molecule has 5 nitrogen and oxygen atoms in total. The lowest BCUT2D eigenvalue weighted by Crippen LogP contribution is -2.34. The van der Waals surface area contributed by atoms with Gasteiger partial charge in [0.15, 0.2) is 0 Å². The number of carbonyl (C=O) groups excluding carboxylic acids is 1. The molecular formula is C13H17FN2O3S. The highest BCUT2D eigenvalue weighted by molar-refractivity contribution is 8.00. The molecule has 2 unspecified atom stereocenters. The average Bonchev–Trinajstić information content (AvgIpc) is 2.39. The van der Waals surface area contributed by atoms with Crippen LogP contribution < -0.4 is 11.1 Å². The molecule has 0 aliphatic carbocycles. The van der Waals surface area contributed by atoms with Crippen molar-refractivity contribution in [3.05, 3.63) is 35.6 Å². The quantitative estimate of drug-likeness (QED) is 0.702. The lowest BCUT2D eigenvalue weighted by Gasteiger charge is -2.14. The molecule has 0 spiro atoms. The van der Waals surface area contributed by atoms with Gasteiger partial charge in [0.1, 0.15) is 11.9 Å². The van der Waals surface area contributed by atoms with E-state index in [2.05, 4.69) is 5.32 Å². The predicted octanol–water partition coefficient (Wildman–Crippen LogP) is 1.15. The smallest absolute Gasteiger partial charge is 0.321 e. The van der Waals surface area contributed by atoms with Crippen LogP contribution in [0.2, 0.25) is 0 Å². The summed E-state index contributed by atoms with van der Waals surface area (Å²) in [5, 5.41) is 11.3. The lowest BCUT2D eigenvalue weighted by atomic mass is 10.1. The first-order chi connectivity index (χ1) is 9.40. The van der Waals surface area contributed by atoms with Crippen molar-refractivity contribution in [2.75, 3.05) is 11.5 Å². The van der Waals surface area contributed by atoms with E-state index in [1.165, 1.54) is 12.1 Å². The molecule has 1 rings (SSSR count). The Labute approximate surface area is 120 Å². The van der Waals surface area contributed by atoms with Crippen LogP contribution in [0.3, 0.4) is 0 Å². The van der Waals surface area contributed by atoms with Gasteiger partial charge < -0.3 is 16.2 Å². The summed E-state index contributed by atoms with van der Waals surface area (Å²) in [7, 11) is 0. The zero-order chi connectivity index (χ0) is 15.1. The number of hydrogen-bond acceptors (Lipinski definition) is 4. The fraction of sp³-hybridized carbons (Fsp3) is 0.385. The minimum atomic E-state index is -1.09. The van der Waals surface area contributed by atoms with Gasteiger partial charge >= 0.3 is 5.97 Å². The topological polar surface area (TPSA) is 92.4 Å². The van der Waals surface area contributed by atoms with Gasteiger partial charge in [0, 0.05) is 5.75 Å². The van der Waals surface area contributed by atoms with E-state index in [1.807, 2.05) is 0 Å². The fourth-order valence-electron chi connectivity index (χ4n) is 1.47. The molecular weight excluding hydrogens is 283 g/mol. The van der Waals surface area contributed by atoms with Crippen LogP contribution in [0.4, 0.5) is 4.39 Å². The Balaban J connectivity index is 2.35. The molecule has 0 aliphatic rings. The lowest BCUT2D eigenvalue weighted by molar-refractivity contribution is -0.138. The van der Waals surface area contributed by atoms with Gasteiger partial charge in [-0.05, 0) is 24.6 Å². The Bertz CT molecular complexity index is 467. The van der Waals surface area contributed by atoms with E-state index >= 15 is 0 Å². The highest BCUT2D eigenvalue weighted by Gasteiger charge is 2.13. The molecule has 0 bridgehead atoms. The van der Waals surface area contributed by atoms with E-state index in [0.717, 1.165) is 17.3 Å². The second-order valence-corrected chi connectivity index (χ2v) is 5.33. The molecule has 0 aromatic heterocycles. The molecule has 0 fully saturated rings. The average molecular weight is 300 g/mol. The van der Waals surface area contributed by atoms with Crippen molar-refractivity contribution in [3.63, 3.8) is 0 Å². The SMILES string of the molecule is CC(NC(=O)CSCC(N)C(=O)O)c1ccc(F)cc1. The number of thioether (sulfide) groups is 1. The Kier molecular flexibility index (Phi) is 6.47. The molecule has 0 saturated carbocycles. The molecule has 0 aliphatic heterocycles. The van der Waals surface area contributed by atoms with E-state index in [-0.39, 0.29) is 29.3 Å². The van der Waals surface area contributed by atoms with Crippen LogP contribution in [-0.2, 0) is 9.59 Å². The van der Waals surface area contributed by atoms with Crippen molar-refractivity contribution in [2.24, 2.45) is 5.73 Å². The molecule has 2 atom stereocenters. The Hall–Kier alpha value is -1.60. The number of carbonyl (C=O) groups is 2. The number of amides is 1. The van der Waals surface area contributed by atoms with E-state index in [9.17, 15) is 14.0 Å². The van der Waals surface area contributed by atoms with Crippen LogP contribution in [-0.4, -0.2) is 34.5 Å². The largest absolute Gasteiger partial charge is 0.480 e. The molecule has 0 radical (unpaired) electrons. The van der Waals surface area contributed by atoms with Crippen molar-refractivity contribution in [3.8, 4) is 0 Å². The van der Waals surface area contributed by atoms with Crippen LogP contribution >= 0.6 is 11.8 Å². The van der Waals surface area contributed by atoms with Gasteiger partial charge in [0.05, 0.1) is 11.8 Å².